The van der Waals surface area contributed by atoms with Crippen molar-refractivity contribution >= 4 is 28.7 Å². The third kappa shape index (κ3) is 4.80. The zero-order chi connectivity index (χ0) is 15.1. The molecule has 0 aliphatic carbocycles. The Labute approximate surface area is 124 Å². The lowest BCUT2D eigenvalue weighted by Gasteiger charge is -2.18. The lowest BCUT2D eigenvalue weighted by atomic mass is 10.0. The topological polar surface area (TPSA) is 117 Å². The van der Waals surface area contributed by atoms with Crippen molar-refractivity contribution in [3.05, 3.63) is 35.9 Å². The minimum atomic E-state index is -0.911. The van der Waals surface area contributed by atoms with E-state index >= 15 is 0 Å². The number of carbonyl (C=O) groups excluding carboxylic acids is 1. The Morgan fingerprint density at radius 3 is 2.67 bits per heavy atom. The van der Waals surface area contributed by atoms with E-state index in [0.717, 1.165) is 17.1 Å². The van der Waals surface area contributed by atoms with Gasteiger partial charge >= 0.3 is 12.0 Å². The summed E-state index contributed by atoms with van der Waals surface area (Å²) in [4.78, 5) is 22.6. The number of aromatic nitrogens is 3. The molecular formula is C12H13N5O3S. The van der Waals surface area contributed by atoms with Crippen molar-refractivity contribution in [2.75, 3.05) is 5.32 Å². The fraction of sp³-hybridized carbons (Fsp3) is 0.250. The van der Waals surface area contributed by atoms with E-state index in [1.807, 2.05) is 30.3 Å². The minimum absolute atomic E-state index is 0.0415. The van der Waals surface area contributed by atoms with Gasteiger partial charge in [0, 0.05) is 18.0 Å². The van der Waals surface area contributed by atoms with Gasteiger partial charge in [0.25, 0.3) is 0 Å². The van der Waals surface area contributed by atoms with Gasteiger partial charge < -0.3 is 10.4 Å². The van der Waals surface area contributed by atoms with Crippen LogP contribution in [0.15, 0.2) is 30.3 Å². The van der Waals surface area contributed by atoms with Crippen LogP contribution >= 0.6 is 11.5 Å². The van der Waals surface area contributed by atoms with Gasteiger partial charge in [0.1, 0.15) is 0 Å². The average Bonchev–Trinajstić information content (AvgIpc) is 2.97. The van der Waals surface area contributed by atoms with Gasteiger partial charge in [0.15, 0.2) is 0 Å². The number of carbonyl (C=O) groups is 2. The zero-order valence-electron chi connectivity index (χ0n) is 10.9. The highest BCUT2D eigenvalue weighted by molar-refractivity contribution is 7.09. The van der Waals surface area contributed by atoms with Crippen LogP contribution in [-0.2, 0) is 4.79 Å². The second-order valence-electron chi connectivity index (χ2n) is 4.16. The number of carboxylic acid groups (broad SMARTS) is 1. The highest BCUT2D eigenvalue weighted by Gasteiger charge is 2.16. The average molecular weight is 307 g/mol. The van der Waals surface area contributed by atoms with Crippen molar-refractivity contribution in [1.29, 1.82) is 0 Å². The molecule has 2 aromatic rings. The van der Waals surface area contributed by atoms with Crippen LogP contribution in [-0.4, -0.2) is 31.9 Å². The van der Waals surface area contributed by atoms with Gasteiger partial charge in [-0.1, -0.05) is 39.9 Å². The molecule has 0 aliphatic heterocycles. The number of rotatable bonds is 6. The molecule has 0 bridgehead atoms. The second-order valence-corrected chi connectivity index (χ2v) is 4.89. The molecule has 1 heterocycles. The van der Waals surface area contributed by atoms with Crippen LogP contribution in [0.2, 0.25) is 0 Å². The summed E-state index contributed by atoms with van der Waals surface area (Å²) < 4.78 is 3.53. The Morgan fingerprint density at radius 2 is 2.05 bits per heavy atom. The Hall–Kier alpha value is -2.55. The maximum Gasteiger partial charge on any atom is 0.321 e. The molecule has 3 N–H and O–H groups in total. The Kier molecular flexibility index (Phi) is 5.16. The van der Waals surface area contributed by atoms with Crippen LogP contribution in [0.1, 0.15) is 24.4 Å². The molecule has 2 amide bonds. The van der Waals surface area contributed by atoms with E-state index in [1.165, 1.54) is 0 Å². The molecule has 110 valence electrons. The number of nitrogens with one attached hydrogen (secondary N) is 2. The lowest BCUT2D eigenvalue weighted by Crippen LogP contribution is -2.33. The van der Waals surface area contributed by atoms with Gasteiger partial charge in [-0.2, -0.15) is 0 Å². The van der Waals surface area contributed by atoms with E-state index in [1.54, 1.807) is 0 Å². The SMILES string of the molecule is O=C(O)CCC(NC(=O)Nc1nnns1)c1ccccc1. The summed E-state index contributed by atoms with van der Waals surface area (Å²) in [7, 11) is 0. The van der Waals surface area contributed by atoms with E-state index < -0.39 is 18.0 Å². The third-order valence-electron chi connectivity index (χ3n) is 2.67. The van der Waals surface area contributed by atoms with Crippen LogP contribution in [0, 0.1) is 0 Å². The number of carboxylic acids is 1. The molecular weight excluding hydrogens is 294 g/mol. The Balaban J connectivity index is 2.01. The summed E-state index contributed by atoms with van der Waals surface area (Å²) in [6, 6.07) is 8.30. The smallest absolute Gasteiger partial charge is 0.321 e. The Bertz CT molecular complexity index is 590. The highest BCUT2D eigenvalue weighted by atomic mass is 32.1. The van der Waals surface area contributed by atoms with Crippen LogP contribution in [0.5, 0.6) is 0 Å². The van der Waals surface area contributed by atoms with Crippen molar-refractivity contribution in [2.45, 2.75) is 18.9 Å². The van der Waals surface area contributed by atoms with Crippen molar-refractivity contribution in [1.82, 2.24) is 20.1 Å². The minimum Gasteiger partial charge on any atom is -0.481 e. The molecule has 21 heavy (non-hydrogen) atoms. The normalized spacial score (nSPS) is 11.6. The highest BCUT2D eigenvalue weighted by Crippen LogP contribution is 2.18. The fourth-order valence-electron chi connectivity index (χ4n) is 1.75. The number of aliphatic carboxylic acids is 1. The van der Waals surface area contributed by atoms with Gasteiger partial charge in [0.2, 0.25) is 5.13 Å². The van der Waals surface area contributed by atoms with Gasteiger partial charge in [-0.25, -0.2) is 4.79 Å². The molecule has 2 rings (SSSR count). The summed E-state index contributed by atoms with van der Waals surface area (Å²) in [6.07, 6.45) is 0.251. The van der Waals surface area contributed by atoms with Gasteiger partial charge in [-0.15, -0.1) is 0 Å². The molecule has 0 radical (unpaired) electrons. The predicted octanol–water partition coefficient (Wildman–Crippen LogP) is 1.66. The molecule has 0 aliphatic rings. The van der Waals surface area contributed by atoms with Gasteiger partial charge in [-0.05, 0) is 17.2 Å². The van der Waals surface area contributed by atoms with E-state index in [9.17, 15) is 9.59 Å². The molecule has 0 saturated carbocycles. The summed E-state index contributed by atoms with van der Waals surface area (Å²) in [5.74, 6) is -0.911. The molecule has 1 unspecified atom stereocenters. The number of nitrogens with zero attached hydrogens (tertiary/aromatic N) is 3. The maximum absolute atomic E-state index is 11.9. The number of anilines is 1. The summed E-state index contributed by atoms with van der Waals surface area (Å²) in [6.45, 7) is 0. The number of urea groups is 1. The van der Waals surface area contributed by atoms with E-state index in [0.29, 0.717) is 6.42 Å². The largest absolute Gasteiger partial charge is 0.481 e. The van der Waals surface area contributed by atoms with Crippen molar-refractivity contribution < 1.29 is 14.7 Å². The van der Waals surface area contributed by atoms with E-state index in [4.69, 9.17) is 5.11 Å². The molecule has 9 heteroatoms. The number of hydrogen-bond donors (Lipinski definition) is 3. The fourth-order valence-corrected chi connectivity index (χ4v) is 2.11. The lowest BCUT2D eigenvalue weighted by molar-refractivity contribution is -0.137. The first-order chi connectivity index (χ1) is 10.1. The number of amides is 2. The van der Waals surface area contributed by atoms with Crippen LogP contribution in [0.25, 0.3) is 0 Å². The molecule has 0 fully saturated rings. The van der Waals surface area contributed by atoms with Crippen LogP contribution in [0.3, 0.4) is 0 Å². The summed E-state index contributed by atoms with van der Waals surface area (Å²) in [5.41, 5.74) is 0.837. The van der Waals surface area contributed by atoms with Crippen molar-refractivity contribution in [3.63, 3.8) is 0 Å². The molecule has 0 saturated heterocycles. The van der Waals surface area contributed by atoms with Gasteiger partial charge in [-0.3, -0.25) is 10.1 Å². The summed E-state index contributed by atoms with van der Waals surface area (Å²) >= 11 is 0.954. The molecule has 1 atom stereocenters. The summed E-state index contributed by atoms with van der Waals surface area (Å²) in [5, 5.41) is 21.3. The van der Waals surface area contributed by atoms with E-state index in [-0.39, 0.29) is 11.6 Å². The van der Waals surface area contributed by atoms with Gasteiger partial charge in [0.05, 0.1) is 6.04 Å². The van der Waals surface area contributed by atoms with Crippen molar-refractivity contribution in [2.24, 2.45) is 0 Å². The van der Waals surface area contributed by atoms with E-state index in [2.05, 4.69) is 25.4 Å². The van der Waals surface area contributed by atoms with Crippen molar-refractivity contribution in [3.8, 4) is 0 Å². The standard InChI is InChI=1S/C12H13N5O3S/c18-10(19)7-6-9(8-4-2-1-3-5-8)13-11(20)14-12-15-16-17-21-12/h1-5,9H,6-7H2,(H,18,19)(H2,13,14,15,17,20). The number of benzene rings is 1. The first-order valence-corrected chi connectivity index (χ1v) is 6.92. The number of hydrogen-bond acceptors (Lipinski definition) is 6. The second kappa shape index (κ2) is 7.29. The molecule has 0 spiro atoms. The maximum atomic E-state index is 11.9. The molecule has 1 aromatic carbocycles. The van der Waals surface area contributed by atoms with Crippen LogP contribution < -0.4 is 10.6 Å². The molecule has 1 aromatic heterocycles. The Morgan fingerprint density at radius 1 is 1.29 bits per heavy atom. The first kappa shape index (κ1) is 14.9. The quantitative estimate of drug-likeness (QED) is 0.747. The monoisotopic (exact) mass is 307 g/mol. The molecule has 8 nitrogen and oxygen atoms in total. The third-order valence-corrected chi connectivity index (χ3v) is 3.19. The zero-order valence-corrected chi connectivity index (χ0v) is 11.7. The first-order valence-electron chi connectivity index (χ1n) is 6.14. The predicted molar refractivity (Wildman–Crippen MR) is 75.9 cm³/mol. The van der Waals surface area contributed by atoms with Crippen LogP contribution in [0.4, 0.5) is 9.93 Å².